The van der Waals surface area contributed by atoms with Crippen molar-refractivity contribution < 1.29 is 19.4 Å². The Morgan fingerprint density at radius 3 is 2.85 bits per heavy atom. The van der Waals surface area contributed by atoms with E-state index in [4.69, 9.17) is 4.74 Å². The highest BCUT2D eigenvalue weighted by atomic mass is 32.1. The standard InChI is InChI=1S/C25H28N4O4S/c26-13-21-20-9-3-17(15-33-25(32)28-18-5-7-19(30)8-6-18)12-22(20)34-24(21)29-23(31)10-4-16-2-1-11-27-14-16/h1-2,4,10-11,14,17-19,30H,3,5-9,12,15H2,(H,28,32)(H,29,31). The summed E-state index contributed by atoms with van der Waals surface area (Å²) < 4.78 is 5.47. The van der Waals surface area contributed by atoms with Gasteiger partial charge in [-0.2, -0.15) is 5.26 Å². The van der Waals surface area contributed by atoms with Crippen LogP contribution in [0.25, 0.3) is 6.08 Å². The first-order valence-corrected chi connectivity index (χ1v) is 12.4. The minimum atomic E-state index is -0.413. The van der Waals surface area contributed by atoms with E-state index in [0.29, 0.717) is 42.9 Å². The Labute approximate surface area is 202 Å². The molecule has 3 N–H and O–H groups in total. The Kier molecular flexibility index (Phi) is 7.93. The zero-order valence-electron chi connectivity index (χ0n) is 18.8. The Morgan fingerprint density at radius 1 is 1.29 bits per heavy atom. The van der Waals surface area contributed by atoms with Crippen LogP contribution in [0.3, 0.4) is 0 Å². The number of thiophene rings is 1. The maximum atomic E-state index is 12.4. The number of hydrogen-bond acceptors (Lipinski definition) is 7. The number of hydrogen-bond donors (Lipinski definition) is 3. The number of anilines is 1. The summed E-state index contributed by atoms with van der Waals surface area (Å²) >= 11 is 1.42. The van der Waals surface area contributed by atoms with Crippen molar-refractivity contribution >= 4 is 34.4 Å². The van der Waals surface area contributed by atoms with Gasteiger partial charge in [-0.3, -0.25) is 9.78 Å². The number of alkyl carbamates (subject to hydrolysis) is 1. The molecule has 9 heteroatoms. The number of nitrogens with zero attached hydrogens (tertiary/aromatic N) is 2. The van der Waals surface area contributed by atoms with Crippen LogP contribution in [0, 0.1) is 17.2 Å². The molecular formula is C25H28N4O4S. The molecule has 2 aromatic rings. The highest BCUT2D eigenvalue weighted by molar-refractivity contribution is 7.16. The van der Waals surface area contributed by atoms with Crippen molar-refractivity contribution in [1.82, 2.24) is 10.3 Å². The summed E-state index contributed by atoms with van der Waals surface area (Å²) in [4.78, 5) is 29.6. The van der Waals surface area contributed by atoms with Crippen molar-refractivity contribution in [2.24, 2.45) is 5.92 Å². The molecular weight excluding hydrogens is 452 g/mol. The summed E-state index contributed by atoms with van der Waals surface area (Å²) in [6.45, 7) is 0.315. The number of aliphatic hydroxyl groups excluding tert-OH is 1. The number of carbonyl (C=O) groups excluding carboxylic acids is 2. The van der Waals surface area contributed by atoms with Crippen LogP contribution in [0.1, 0.15) is 53.7 Å². The first kappa shape index (κ1) is 23.9. The van der Waals surface area contributed by atoms with Gasteiger partial charge in [0, 0.05) is 29.4 Å². The lowest BCUT2D eigenvalue weighted by Gasteiger charge is -2.26. The Bertz CT molecular complexity index is 1080. The molecule has 1 unspecified atom stereocenters. The number of rotatable bonds is 6. The van der Waals surface area contributed by atoms with Gasteiger partial charge < -0.3 is 20.5 Å². The lowest BCUT2D eigenvalue weighted by Crippen LogP contribution is -2.39. The number of pyridine rings is 1. The highest BCUT2D eigenvalue weighted by Gasteiger charge is 2.28. The third-order valence-corrected chi connectivity index (χ3v) is 7.47. The number of aliphatic hydroxyl groups is 1. The molecule has 8 nitrogen and oxygen atoms in total. The molecule has 1 fully saturated rings. The molecule has 0 saturated heterocycles. The van der Waals surface area contributed by atoms with Gasteiger partial charge in [0.1, 0.15) is 11.1 Å². The van der Waals surface area contributed by atoms with E-state index in [0.717, 1.165) is 35.3 Å². The second kappa shape index (κ2) is 11.3. The summed E-state index contributed by atoms with van der Waals surface area (Å²) in [6, 6.07) is 5.95. The van der Waals surface area contributed by atoms with Crippen LogP contribution in [0.15, 0.2) is 30.6 Å². The van der Waals surface area contributed by atoms with Gasteiger partial charge in [0.25, 0.3) is 0 Å². The van der Waals surface area contributed by atoms with E-state index in [9.17, 15) is 20.0 Å². The van der Waals surface area contributed by atoms with Crippen molar-refractivity contribution in [3.8, 4) is 6.07 Å². The lowest BCUT2D eigenvalue weighted by molar-refractivity contribution is -0.111. The predicted octanol–water partition coefficient (Wildman–Crippen LogP) is 3.80. The van der Waals surface area contributed by atoms with E-state index >= 15 is 0 Å². The third kappa shape index (κ3) is 6.22. The van der Waals surface area contributed by atoms with E-state index in [-0.39, 0.29) is 24.0 Å². The largest absolute Gasteiger partial charge is 0.449 e. The molecule has 2 aliphatic rings. The quantitative estimate of drug-likeness (QED) is 0.540. The molecule has 2 aromatic heterocycles. The average Bonchev–Trinajstić information content (AvgIpc) is 3.19. The van der Waals surface area contributed by atoms with Gasteiger partial charge in [-0.1, -0.05) is 6.07 Å². The molecule has 1 saturated carbocycles. The van der Waals surface area contributed by atoms with Crippen LogP contribution in [0.2, 0.25) is 0 Å². The number of fused-ring (bicyclic) bond motifs is 1. The second-order valence-electron chi connectivity index (χ2n) is 8.79. The Morgan fingerprint density at radius 2 is 2.12 bits per heavy atom. The number of aromatic nitrogens is 1. The summed E-state index contributed by atoms with van der Waals surface area (Å²) in [7, 11) is 0. The number of amides is 2. The first-order valence-electron chi connectivity index (χ1n) is 11.6. The topological polar surface area (TPSA) is 124 Å². The van der Waals surface area contributed by atoms with Gasteiger partial charge in [-0.05, 0) is 74.1 Å². The molecule has 4 rings (SSSR count). The molecule has 2 amide bonds. The minimum Gasteiger partial charge on any atom is -0.449 e. The number of nitriles is 1. The molecule has 0 bridgehead atoms. The molecule has 178 valence electrons. The SMILES string of the molecule is N#Cc1c(NC(=O)C=Cc2cccnc2)sc2c1CCC(COC(=O)NC1CCC(O)CC1)C2. The van der Waals surface area contributed by atoms with Gasteiger partial charge in [0.15, 0.2) is 0 Å². The lowest BCUT2D eigenvalue weighted by atomic mass is 9.88. The van der Waals surface area contributed by atoms with Crippen molar-refractivity contribution in [3.05, 3.63) is 52.2 Å². The highest BCUT2D eigenvalue weighted by Crippen LogP contribution is 2.39. The van der Waals surface area contributed by atoms with E-state index in [1.54, 1.807) is 24.5 Å². The summed E-state index contributed by atoms with van der Waals surface area (Å²) in [5.74, 6) is -0.128. The van der Waals surface area contributed by atoms with Crippen LogP contribution in [-0.2, 0) is 22.4 Å². The van der Waals surface area contributed by atoms with Crippen LogP contribution < -0.4 is 10.6 Å². The van der Waals surface area contributed by atoms with Gasteiger partial charge >= 0.3 is 6.09 Å². The fourth-order valence-electron chi connectivity index (χ4n) is 4.42. The van der Waals surface area contributed by atoms with E-state index in [1.165, 1.54) is 17.4 Å². The molecule has 2 aliphatic carbocycles. The van der Waals surface area contributed by atoms with Crippen LogP contribution >= 0.6 is 11.3 Å². The monoisotopic (exact) mass is 480 g/mol. The molecule has 0 radical (unpaired) electrons. The normalized spacial score (nSPS) is 21.9. The maximum absolute atomic E-state index is 12.4. The summed E-state index contributed by atoms with van der Waals surface area (Å²) in [5.41, 5.74) is 2.33. The third-order valence-electron chi connectivity index (χ3n) is 6.30. The number of nitrogens with one attached hydrogen (secondary N) is 2. The van der Waals surface area contributed by atoms with Gasteiger partial charge in [-0.25, -0.2) is 4.79 Å². The van der Waals surface area contributed by atoms with Crippen molar-refractivity contribution in [2.45, 2.75) is 57.1 Å². The smallest absolute Gasteiger partial charge is 0.407 e. The molecule has 0 aromatic carbocycles. The fourth-order valence-corrected chi connectivity index (χ4v) is 5.74. The van der Waals surface area contributed by atoms with Crippen LogP contribution in [0.5, 0.6) is 0 Å². The van der Waals surface area contributed by atoms with Crippen molar-refractivity contribution in [2.75, 3.05) is 11.9 Å². The minimum absolute atomic E-state index is 0.0581. The van der Waals surface area contributed by atoms with Crippen LogP contribution in [-0.4, -0.2) is 40.8 Å². The Balaban J connectivity index is 1.30. The van der Waals surface area contributed by atoms with E-state index in [2.05, 4.69) is 21.7 Å². The van der Waals surface area contributed by atoms with Crippen molar-refractivity contribution in [1.29, 1.82) is 5.26 Å². The summed E-state index contributed by atoms with van der Waals surface area (Å²) in [5, 5.41) is 25.6. The predicted molar refractivity (Wildman–Crippen MR) is 129 cm³/mol. The van der Waals surface area contributed by atoms with Gasteiger partial charge in [0.05, 0.1) is 18.3 Å². The molecule has 0 aliphatic heterocycles. The van der Waals surface area contributed by atoms with Crippen molar-refractivity contribution in [3.63, 3.8) is 0 Å². The second-order valence-corrected chi connectivity index (χ2v) is 9.89. The van der Waals surface area contributed by atoms with Gasteiger partial charge in [0.2, 0.25) is 5.91 Å². The Hall–Kier alpha value is -3.22. The number of ether oxygens (including phenoxy) is 1. The van der Waals surface area contributed by atoms with Crippen LogP contribution in [0.4, 0.5) is 9.80 Å². The number of carbonyl (C=O) groups is 2. The van der Waals surface area contributed by atoms with E-state index in [1.807, 2.05) is 6.07 Å². The first-order chi connectivity index (χ1) is 16.5. The molecule has 2 heterocycles. The van der Waals surface area contributed by atoms with E-state index < -0.39 is 6.09 Å². The molecule has 0 spiro atoms. The average molecular weight is 481 g/mol. The maximum Gasteiger partial charge on any atom is 0.407 e. The molecule has 34 heavy (non-hydrogen) atoms. The molecule has 1 atom stereocenters. The fraction of sp³-hybridized carbons (Fsp3) is 0.440. The zero-order valence-corrected chi connectivity index (χ0v) is 19.6. The van der Waals surface area contributed by atoms with Gasteiger partial charge in [-0.15, -0.1) is 11.3 Å². The zero-order chi connectivity index (χ0) is 23.9. The summed E-state index contributed by atoms with van der Waals surface area (Å²) in [6.07, 6.45) is 10.9.